The topological polar surface area (TPSA) is 58.6 Å². The molecule has 0 saturated carbocycles. The molecule has 5 nitrogen and oxygen atoms in total. The third-order valence-electron chi connectivity index (χ3n) is 4.13. The van der Waals surface area contributed by atoms with E-state index in [1.165, 1.54) is 31.2 Å². The summed E-state index contributed by atoms with van der Waals surface area (Å²) < 4.78 is 43.5. The number of rotatable bonds is 4. The second-order valence-electron chi connectivity index (χ2n) is 5.72. The van der Waals surface area contributed by atoms with Gasteiger partial charge in [0.05, 0.1) is 18.1 Å². The zero-order chi connectivity index (χ0) is 17.9. The molecule has 24 heavy (non-hydrogen) atoms. The lowest BCUT2D eigenvalue weighted by molar-refractivity contribution is -0.137. The molecule has 0 radical (unpaired) electrons. The molecule has 1 aromatic rings. The van der Waals surface area contributed by atoms with Crippen molar-refractivity contribution < 1.29 is 27.5 Å². The lowest BCUT2D eigenvalue weighted by atomic mass is 9.96. The van der Waals surface area contributed by atoms with E-state index < -0.39 is 23.6 Å². The molecule has 0 aromatic heterocycles. The molecule has 8 heteroatoms. The van der Waals surface area contributed by atoms with Crippen molar-refractivity contribution >= 4 is 11.8 Å². The van der Waals surface area contributed by atoms with Crippen LogP contribution >= 0.6 is 0 Å². The molecule has 1 fully saturated rings. The fourth-order valence-corrected chi connectivity index (χ4v) is 2.91. The Morgan fingerprint density at radius 3 is 2.62 bits per heavy atom. The minimum atomic E-state index is -4.51. The minimum Gasteiger partial charge on any atom is -0.384 e. The summed E-state index contributed by atoms with van der Waals surface area (Å²) in [6, 6.07) is 4.30. The third-order valence-corrected chi connectivity index (χ3v) is 4.13. The number of amides is 2. The van der Waals surface area contributed by atoms with E-state index in [1.807, 2.05) is 0 Å². The number of benzene rings is 1. The van der Waals surface area contributed by atoms with Crippen LogP contribution in [0, 0.1) is 11.8 Å². The molecule has 1 aliphatic heterocycles. The molecule has 2 atom stereocenters. The highest BCUT2D eigenvalue weighted by Crippen LogP contribution is 2.31. The summed E-state index contributed by atoms with van der Waals surface area (Å²) in [5.74, 6) is -1.36. The average molecular weight is 344 g/mol. The van der Waals surface area contributed by atoms with Crippen LogP contribution in [0.1, 0.15) is 15.9 Å². The highest BCUT2D eigenvalue weighted by atomic mass is 19.4. The van der Waals surface area contributed by atoms with Gasteiger partial charge in [0.2, 0.25) is 5.91 Å². The number of ether oxygens (including phenoxy) is 1. The molecule has 132 valence electrons. The van der Waals surface area contributed by atoms with Crippen molar-refractivity contribution in [2.45, 2.75) is 6.18 Å². The van der Waals surface area contributed by atoms with Gasteiger partial charge < -0.3 is 15.0 Å². The van der Waals surface area contributed by atoms with Gasteiger partial charge in [-0.05, 0) is 18.2 Å². The van der Waals surface area contributed by atoms with Crippen LogP contribution in [0.5, 0.6) is 0 Å². The van der Waals surface area contributed by atoms with Crippen LogP contribution in [-0.4, -0.2) is 50.6 Å². The number of carbonyl (C=O) groups excluding carboxylic acids is 2. The van der Waals surface area contributed by atoms with Crippen molar-refractivity contribution in [3.05, 3.63) is 35.4 Å². The second-order valence-corrected chi connectivity index (χ2v) is 5.72. The van der Waals surface area contributed by atoms with Crippen LogP contribution in [0.3, 0.4) is 0 Å². The maximum absolute atomic E-state index is 12.8. The molecule has 1 saturated heterocycles. The Labute approximate surface area is 137 Å². The monoisotopic (exact) mass is 344 g/mol. The fraction of sp³-hybridized carbons (Fsp3) is 0.500. The van der Waals surface area contributed by atoms with E-state index in [0.717, 1.165) is 12.1 Å². The maximum atomic E-state index is 12.8. The van der Waals surface area contributed by atoms with Crippen molar-refractivity contribution in [3.8, 4) is 0 Å². The highest BCUT2D eigenvalue weighted by molar-refractivity contribution is 5.95. The molecule has 1 N–H and O–H groups in total. The van der Waals surface area contributed by atoms with Gasteiger partial charge >= 0.3 is 6.18 Å². The van der Waals surface area contributed by atoms with Crippen LogP contribution in [0.25, 0.3) is 0 Å². The number of carbonyl (C=O) groups is 2. The first kappa shape index (κ1) is 18.3. The molecule has 1 heterocycles. The Kier molecular flexibility index (Phi) is 5.48. The number of halogens is 3. The Morgan fingerprint density at radius 1 is 1.33 bits per heavy atom. The Bertz CT molecular complexity index is 619. The largest absolute Gasteiger partial charge is 0.416 e. The number of nitrogens with zero attached hydrogens (tertiary/aromatic N) is 1. The lowest BCUT2D eigenvalue weighted by Crippen LogP contribution is -2.34. The van der Waals surface area contributed by atoms with Crippen LogP contribution in [-0.2, 0) is 15.7 Å². The molecule has 0 spiro atoms. The number of hydrogen-bond acceptors (Lipinski definition) is 3. The number of likely N-dealkylation sites (tertiary alicyclic amines) is 1. The summed E-state index contributed by atoms with van der Waals surface area (Å²) >= 11 is 0. The summed E-state index contributed by atoms with van der Waals surface area (Å²) in [6.07, 6.45) is -4.51. The van der Waals surface area contributed by atoms with E-state index in [-0.39, 0.29) is 30.5 Å². The number of methoxy groups -OCH3 is 1. The maximum Gasteiger partial charge on any atom is 0.416 e. The van der Waals surface area contributed by atoms with Gasteiger partial charge in [-0.1, -0.05) is 6.07 Å². The molecule has 1 aromatic carbocycles. The van der Waals surface area contributed by atoms with Crippen LogP contribution in [0.2, 0.25) is 0 Å². The van der Waals surface area contributed by atoms with E-state index in [9.17, 15) is 22.8 Å². The molecule has 2 unspecified atom stereocenters. The van der Waals surface area contributed by atoms with Crippen LogP contribution in [0.15, 0.2) is 24.3 Å². The first-order valence-electron chi connectivity index (χ1n) is 7.45. The van der Waals surface area contributed by atoms with Gasteiger partial charge in [0.25, 0.3) is 5.91 Å². The lowest BCUT2D eigenvalue weighted by Gasteiger charge is -2.17. The van der Waals surface area contributed by atoms with Crippen LogP contribution < -0.4 is 5.32 Å². The molecule has 2 rings (SSSR count). The zero-order valence-electron chi connectivity index (χ0n) is 13.4. The number of nitrogens with one attached hydrogen (secondary N) is 1. The predicted molar refractivity (Wildman–Crippen MR) is 80.3 cm³/mol. The Morgan fingerprint density at radius 2 is 2.04 bits per heavy atom. The van der Waals surface area contributed by atoms with Crippen molar-refractivity contribution in [1.29, 1.82) is 0 Å². The zero-order valence-corrected chi connectivity index (χ0v) is 13.4. The van der Waals surface area contributed by atoms with Crippen molar-refractivity contribution in [1.82, 2.24) is 10.2 Å². The molecule has 1 aliphatic rings. The minimum absolute atomic E-state index is 0.0430. The van der Waals surface area contributed by atoms with Gasteiger partial charge in [0, 0.05) is 38.7 Å². The number of hydrogen-bond donors (Lipinski definition) is 1. The highest BCUT2D eigenvalue weighted by Gasteiger charge is 2.39. The van der Waals surface area contributed by atoms with Gasteiger partial charge in [0.15, 0.2) is 0 Å². The molecule has 2 amide bonds. The van der Waals surface area contributed by atoms with Gasteiger partial charge in [0.1, 0.15) is 0 Å². The van der Waals surface area contributed by atoms with E-state index in [4.69, 9.17) is 4.74 Å². The average Bonchev–Trinajstić information content (AvgIpc) is 2.97. The Balaban J connectivity index is 2.20. The third kappa shape index (κ3) is 3.87. The smallest absolute Gasteiger partial charge is 0.384 e. The molecular weight excluding hydrogens is 325 g/mol. The summed E-state index contributed by atoms with van der Waals surface area (Å²) in [6.45, 7) is 0.717. The van der Waals surface area contributed by atoms with Gasteiger partial charge in [-0.3, -0.25) is 9.59 Å². The molecule has 0 bridgehead atoms. The second kappa shape index (κ2) is 7.21. The first-order chi connectivity index (χ1) is 11.3. The van der Waals surface area contributed by atoms with E-state index in [2.05, 4.69) is 5.32 Å². The number of alkyl halides is 3. The van der Waals surface area contributed by atoms with Gasteiger partial charge in [-0.2, -0.15) is 13.2 Å². The Hall–Kier alpha value is -2.09. The summed E-state index contributed by atoms with van der Waals surface area (Å²) in [5.41, 5.74) is -0.914. The first-order valence-corrected chi connectivity index (χ1v) is 7.45. The summed E-state index contributed by atoms with van der Waals surface area (Å²) in [7, 11) is 3.00. The normalized spacial score (nSPS) is 21.0. The van der Waals surface area contributed by atoms with Crippen molar-refractivity contribution in [2.24, 2.45) is 11.8 Å². The SMILES string of the molecule is CNC(=O)C1CN(C(=O)c2cccc(C(F)(F)F)c2)CC1COC. The van der Waals surface area contributed by atoms with Crippen molar-refractivity contribution in [3.63, 3.8) is 0 Å². The van der Waals surface area contributed by atoms with Crippen LogP contribution in [0.4, 0.5) is 13.2 Å². The predicted octanol–water partition coefficient (Wildman–Crippen LogP) is 1.79. The van der Waals surface area contributed by atoms with E-state index in [1.54, 1.807) is 0 Å². The standard InChI is InChI=1S/C16H19F3N2O3/c1-20-14(22)13-8-21(7-11(13)9-24-2)15(23)10-4-3-5-12(6-10)16(17,18)19/h3-6,11,13H,7-9H2,1-2H3,(H,20,22). The molecule has 0 aliphatic carbocycles. The molecular formula is C16H19F3N2O3. The van der Waals surface area contributed by atoms with Gasteiger partial charge in [-0.25, -0.2) is 0 Å². The van der Waals surface area contributed by atoms with Crippen molar-refractivity contribution in [2.75, 3.05) is 33.9 Å². The van der Waals surface area contributed by atoms with E-state index >= 15 is 0 Å². The summed E-state index contributed by atoms with van der Waals surface area (Å²) in [4.78, 5) is 25.9. The summed E-state index contributed by atoms with van der Waals surface area (Å²) in [5, 5.41) is 2.54. The fourth-order valence-electron chi connectivity index (χ4n) is 2.91. The quantitative estimate of drug-likeness (QED) is 0.906. The van der Waals surface area contributed by atoms with Gasteiger partial charge in [-0.15, -0.1) is 0 Å². The van der Waals surface area contributed by atoms with E-state index in [0.29, 0.717) is 6.61 Å².